The van der Waals surface area contributed by atoms with Crippen LogP contribution in [-0.2, 0) is 12.8 Å². The molecule has 1 aromatic rings. The van der Waals surface area contributed by atoms with E-state index in [1.807, 2.05) is 6.92 Å². The summed E-state index contributed by atoms with van der Waals surface area (Å²) in [7, 11) is 0. The van der Waals surface area contributed by atoms with E-state index in [0.29, 0.717) is 0 Å². The predicted octanol–water partition coefficient (Wildman–Crippen LogP) is 3.85. The van der Waals surface area contributed by atoms with Gasteiger partial charge in [-0.2, -0.15) is 0 Å². The van der Waals surface area contributed by atoms with Crippen LogP contribution in [-0.4, -0.2) is 11.9 Å². The maximum absolute atomic E-state index is 5.96. The highest BCUT2D eigenvalue weighted by atomic mass is 35.5. The van der Waals surface area contributed by atoms with E-state index in [2.05, 4.69) is 37.4 Å². The Balaban J connectivity index is 2.89. The lowest BCUT2D eigenvalue weighted by atomic mass is 10.0. The van der Waals surface area contributed by atoms with Crippen molar-refractivity contribution < 1.29 is 0 Å². The predicted molar refractivity (Wildman–Crippen MR) is 69.0 cm³/mol. The number of halogens is 1. The molecule has 0 radical (unpaired) electrons. The van der Waals surface area contributed by atoms with Crippen LogP contribution in [0.15, 0.2) is 18.2 Å². The van der Waals surface area contributed by atoms with Gasteiger partial charge in [-0.25, -0.2) is 0 Å². The van der Waals surface area contributed by atoms with E-state index in [1.165, 1.54) is 16.8 Å². The highest BCUT2D eigenvalue weighted by Gasteiger charge is 2.06. The number of alkyl halides is 1. The van der Waals surface area contributed by atoms with Gasteiger partial charge in [0.2, 0.25) is 0 Å². The summed E-state index contributed by atoms with van der Waals surface area (Å²) in [6.45, 7) is 7.20. The molecule has 1 aromatic carbocycles. The summed E-state index contributed by atoms with van der Waals surface area (Å²) >= 11 is 5.96. The van der Waals surface area contributed by atoms with Crippen LogP contribution in [0.2, 0.25) is 0 Å². The van der Waals surface area contributed by atoms with Gasteiger partial charge in [0.1, 0.15) is 0 Å². The van der Waals surface area contributed by atoms with Gasteiger partial charge in [0.25, 0.3) is 0 Å². The van der Waals surface area contributed by atoms with E-state index >= 15 is 0 Å². The molecule has 2 heteroatoms. The Hall–Kier alpha value is -0.690. The molecular weight excluding hydrogens is 206 g/mol. The van der Waals surface area contributed by atoms with Gasteiger partial charge in [-0.1, -0.05) is 32.0 Å². The Labute approximate surface area is 97.8 Å². The fraction of sp³-hybridized carbons (Fsp3) is 0.538. The lowest BCUT2D eigenvalue weighted by Crippen LogP contribution is -2.13. The van der Waals surface area contributed by atoms with Crippen molar-refractivity contribution >= 4 is 17.3 Å². The summed E-state index contributed by atoms with van der Waals surface area (Å²) < 4.78 is 0. The number of hydrogen-bond donors (Lipinski definition) is 1. The number of para-hydroxylation sites is 1. The molecule has 0 spiro atoms. The van der Waals surface area contributed by atoms with Crippen LogP contribution in [0.4, 0.5) is 5.69 Å². The van der Waals surface area contributed by atoms with Gasteiger partial charge in [0.15, 0.2) is 0 Å². The Kier molecular flexibility index (Phi) is 4.97. The molecule has 0 saturated carbocycles. The lowest BCUT2D eigenvalue weighted by molar-refractivity contribution is 0.970. The average Bonchev–Trinajstić information content (AvgIpc) is 2.25. The number of hydrogen-bond acceptors (Lipinski definition) is 1. The van der Waals surface area contributed by atoms with Crippen LogP contribution in [0, 0.1) is 0 Å². The summed E-state index contributed by atoms with van der Waals surface area (Å²) in [6, 6.07) is 6.49. The van der Waals surface area contributed by atoms with Crippen LogP contribution in [0.5, 0.6) is 0 Å². The molecule has 15 heavy (non-hydrogen) atoms. The van der Waals surface area contributed by atoms with Gasteiger partial charge in [0.05, 0.1) is 0 Å². The zero-order chi connectivity index (χ0) is 11.3. The molecule has 1 nitrogen and oxygen atoms in total. The normalized spacial score (nSPS) is 12.5. The maximum atomic E-state index is 5.96. The average molecular weight is 226 g/mol. The van der Waals surface area contributed by atoms with Crippen molar-refractivity contribution in [2.24, 2.45) is 0 Å². The fourth-order valence-corrected chi connectivity index (χ4v) is 1.79. The fourth-order valence-electron chi connectivity index (χ4n) is 1.71. The van der Waals surface area contributed by atoms with E-state index in [9.17, 15) is 0 Å². The molecule has 0 aliphatic heterocycles. The molecule has 0 heterocycles. The minimum absolute atomic E-state index is 0.166. The number of nitrogens with one attached hydrogen (secondary N) is 1. The third-order valence-corrected chi connectivity index (χ3v) is 2.71. The molecule has 1 atom stereocenters. The standard InChI is InChI=1S/C13H20ClN/c1-4-11-7-6-8-12(5-2)13(11)15-9-10(3)14/h6-8,10,15H,4-5,9H2,1-3H3. The van der Waals surface area contributed by atoms with Gasteiger partial charge >= 0.3 is 0 Å². The molecule has 0 aromatic heterocycles. The summed E-state index contributed by atoms with van der Waals surface area (Å²) in [6.07, 6.45) is 2.12. The first kappa shape index (κ1) is 12.4. The number of aryl methyl sites for hydroxylation is 2. The Bertz CT molecular complexity index is 285. The summed E-state index contributed by atoms with van der Waals surface area (Å²) in [5, 5.41) is 3.62. The van der Waals surface area contributed by atoms with Gasteiger partial charge in [0, 0.05) is 17.6 Å². The molecule has 0 saturated heterocycles. The first-order chi connectivity index (χ1) is 7.19. The van der Waals surface area contributed by atoms with Crippen LogP contribution in [0.1, 0.15) is 31.9 Å². The molecule has 0 fully saturated rings. The van der Waals surface area contributed by atoms with Crippen LogP contribution in [0.3, 0.4) is 0 Å². The van der Waals surface area contributed by atoms with Crippen LogP contribution >= 0.6 is 11.6 Å². The quantitative estimate of drug-likeness (QED) is 0.751. The SMILES string of the molecule is CCc1cccc(CC)c1NCC(C)Cl. The minimum atomic E-state index is 0.166. The van der Waals surface area contributed by atoms with E-state index in [1.54, 1.807) is 0 Å². The highest BCUT2D eigenvalue weighted by molar-refractivity contribution is 6.20. The molecule has 1 N–H and O–H groups in total. The van der Waals surface area contributed by atoms with Crippen molar-refractivity contribution in [3.8, 4) is 0 Å². The van der Waals surface area contributed by atoms with E-state index in [-0.39, 0.29) is 5.38 Å². The van der Waals surface area contributed by atoms with E-state index < -0.39 is 0 Å². The lowest BCUT2D eigenvalue weighted by Gasteiger charge is -2.16. The van der Waals surface area contributed by atoms with Crippen molar-refractivity contribution in [3.05, 3.63) is 29.3 Å². The number of benzene rings is 1. The molecule has 0 aliphatic carbocycles. The topological polar surface area (TPSA) is 12.0 Å². The Morgan fingerprint density at radius 1 is 1.20 bits per heavy atom. The molecule has 1 unspecified atom stereocenters. The Morgan fingerprint density at radius 2 is 1.73 bits per heavy atom. The van der Waals surface area contributed by atoms with Crippen molar-refractivity contribution in [2.45, 2.75) is 39.0 Å². The van der Waals surface area contributed by atoms with E-state index in [0.717, 1.165) is 19.4 Å². The van der Waals surface area contributed by atoms with E-state index in [4.69, 9.17) is 11.6 Å². The van der Waals surface area contributed by atoms with Crippen molar-refractivity contribution in [3.63, 3.8) is 0 Å². The smallest absolute Gasteiger partial charge is 0.0480 e. The van der Waals surface area contributed by atoms with Crippen molar-refractivity contribution in [1.82, 2.24) is 0 Å². The summed E-state index contributed by atoms with van der Waals surface area (Å²) in [5.74, 6) is 0. The molecule has 0 aliphatic rings. The van der Waals surface area contributed by atoms with Crippen molar-refractivity contribution in [1.29, 1.82) is 0 Å². The molecule has 0 bridgehead atoms. The number of rotatable bonds is 5. The monoisotopic (exact) mass is 225 g/mol. The maximum Gasteiger partial charge on any atom is 0.0480 e. The number of anilines is 1. The van der Waals surface area contributed by atoms with Gasteiger partial charge in [-0.15, -0.1) is 11.6 Å². The first-order valence-corrected chi connectivity index (χ1v) is 6.11. The third-order valence-electron chi connectivity index (χ3n) is 2.56. The largest absolute Gasteiger partial charge is 0.383 e. The van der Waals surface area contributed by atoms with Crippen molar-refractivity contribution in [2.75, 3.05) is 11.9 Å². The second-order valence-electron chi connectivity index (χ2n) is 3.82. The van der Waals surface area contributed by atoms with Gasteiger partial charge in [-0.05, 0) is 30.9 Å². The minimum Gasteiger partial charge on any atom is -0.383 e. The summed E-state index contributed by atoms with van der Waals surface area (Å²) in [5.41, 5.74) is 4.05. The zero-order valence-electron chi connectivity index (χ0n) is 9.81. The van der Waals surface area contributed by atoms with Gasteiger partial charge < -0.3 is 5.32 Å². The molecule has 1 rings (SSSR count). The first-order valence-electron chi connectivity index (χ1n) is 5.67. The zero-order valence-corrected chi connectivity index (χ0v) is 10.6. The molecule has 0 amide bonds. The highest BCUT2D eigenvalue weighted by Crippen LogP contribution is 2.22. The molecule has 84 valence electrons. The van der Waals surface area contributed by atoms with Crippen LogP contribution in [0.25, 0.3) is 0 Å². The third kappa shape index (κ3) is 3.42. The van der Waals surface area contributed by atoms with Gasteiger partial charge in [-0.3, -0.25) is 0 Å². The van der Waals surface area contributed by atoms with Crippen LogP contribution < -0.4 is 5.32 Å². The summed E-state index contributed by atoms with van der Waals surface area (Å²) in [4.78, 5) is 0. The Morgan fingerprint density at radius 3 is 2.13 bits per heavy atom. The second-order valence-corrected chi connectivity index (χ2v) is 4.57. The molecular formula is C13H20ClN. The second kappa shape index (κ2) is 6.02.